The largest absolute Gasteiger partial charge is 0.489 e. The number of nitriles is 1. The number of piperidine rings is 2. The second kappa shape index (κ2) is 15.4. The van der Waals surface area contributed by atoms with Gasteiger partial charge in [0.05, 0.1) is 27.8 Å². The molecule has 4 fully saturated rings. The van der Waals surface area contributed by atoms with Crippen LogP contribution in [-0.4, -0.2) is 118 Å². The number of benzene rings is 2. The highest BCUT2D eigenvalue weighted by Gasteiger charge is 2.68. The number of hydrogen-bond acceptors (Lipinski definition) is 12. The number of carbonyl (C=O) groups excluding carboxylic acids is 5. The fraction of sp³-hybridized carbons (Fsp3) is 0.488. The number of imide groups is 2. The second-order valence-corrected chi connectivity index (χ2v) is 18.0. The van der Waals surface area contributed by atoms with Crippen LogP contribution in [0.5, 0.6) is 5.75 Å². The Morgan fingerprint density at radius 3 is 2.22 bits per heavy atom. The molecule has 2 aromatic carbocycles. The minimum Gasteiger partial charge on any atom is -0.489 e. The predicted octanol–water partition coefficient (Wildman–Crippen LogP) is 4.27. The fourth-order valence-electron chi connectivity index (χ4n) is 10.5. The smallest absolute Gasteiger partial charge is 0.269 e. The molecule has 3 aromatic rings. The number of hydrogen-bond donors (Lipinski definition) is 1. The standard InChI is InChI=1S/C43H47ClFN9O6/c1-42(2)40(43(3,4)41(42)60-27-6-5-25(22-46)29(44)21-27)54-34(55)10-8-32(38(54)58)53-37(57)28-19-26(20-30(45)35(28)39(53)59)51-17-15-50(16-18-51)23-24-11-13-52(14-12-24)33-9-7-31(36(47)56)48-49-33/h5-7,9,19-21,24,32,40-41H,8,10-18,23H2,1-4H3,(H2,47,56). The summed E-state index contributed by atoms with van der Waals surface area (Å²) >= 11 is 6.26. The molecule has 15 nitrogen and oxygen atoms in total. The zero-order chi connectivity index (χ0) is 42.8. The number of piperazine rings is 1. The van der Waals surface area contributed by atoms with E-state index >= 15 is 4.39 Å². The highest BCUT2D eigenvalue weighted by atomic mass is 35.5. The van der Waals surface area contributed by atoms with E-state index in [1.54, 1.807) is 36.4 Å². The van der Waals surface area contributed by atoms with E-state index in [9.17, 15) is 29.2 Å². The summed E-state index contributed by atoms with van der Waals surface area (Å²) in [6.07, 6.45) is 1.31. The van der Waals surface area contributed by atoms with Crippen LogP contribution in [0, 0.1) is 33.9 Å². The monoisotopic (exact) mass is 839 g/mol. The van der Waals surface area contributed by atoms with E-state index in [1.165, 1.54) is 11.0 Å². The van der Waals surface area contributed by atoms with Crippen molar-refractivity contribution >= 4 is 52.6 Å². The summed E-state index contributed by atoms with van der Waals surface area (Å²) in [4.78, 5) is 75.8. The van der Waals surface area contributed by atoms with E-state index in [0.29, 0.717) is 36.0 Å². The van der Waals surface area contributed by atoms with Gasteiger partial charge in [-0.25, -0.2) is 4.39 Å². The van der Waals surface area contributed by atoms with E-state index in [-0.39, 0.29) is 34.7 Å². The molecule has 5 heterocycles. The van der Waals surface area contributed by atoms with E-state index in [0.717, 1.165) is 56.3 Å². The van der Waals surface area contributed by atoms with Crippen LogP contribution >= 0.6 is 11.6 Å². The molecule has 5 aliphatic rings. The number of primary amides is 1. The van der Waals surface area contributed by atoms with Gasteiger partial charge in [0.2, 0.25) is 5.91 Å². The lowest BCUT2D eigenvalue weighted by molar-refractivity contribution is -0.216. The first kappa shape index (κ1) is 41.1. The SMILES string of the molecule is CC1(C)C(Oc2ccc(C#N)c(Cl)c2)C(C)(C)C1N1C(=O)CCC(N2C(=O)c3cc(N4CCN(CC5CCN(c6ccc(C(N)=O)nn6)CC5)CC4)cc(F)c3C2=O)C1=O. The first-order valence-electron chi connectivity index (χ1n) is 20.3. The zero-order valence-corrected chi connectivity index (χ0v) is 34.7. The van der Waals surface area contributed by atoms with E-state index in [4.69, 9.17) is 22.1 Å². The van der Waals surface area contributed by atoms with Gasteiger partial charge in [-0.15, -0.1) is 10.2 Å². The molecule has 4 aliphatic heterocycles. The Morgan fingerprint density at radius 1 is 0.900 bits per heavy atom. The van der Waals surface area contributed by atoms with Gasteiger partial charge in [0.25, 0.3) is 23.6 Å². The Hall–Kier alpha value is -5.66. The Balaban J connectivity index is 0.904. The minimum atomic E-state index is -1.28. The first-order valence-corrected chi connectivity index (χ1v) is 20.7. The van der Waals surface area contributed by atoms with Gasteiger partial charge >= 0.3 is 0 Å². The van der Waals surface area contributed by atoms with Crippen LogP contribution in [0.3, 0.4) is 0 Å². The number of fused-ring (bicyclic) bond motifs is 1. The highest BCUT2D eigenvalue weighted by Crippen LogP contribution is 2.58. The predicted molar refractivity (Wildman–Crippen MR) is 218 cm³/mol. The Bertz CT molecular complexity index is 2300. The maximum atomic E-state index is 15.9. The maximum Gasteiger partial charge on any atom is 0.269 e. The number of halogens is 2. The first-order chi connectivity index (χ1) is 28.5. The van der Waals surface area contributed by atoms with Crippen LogP contribution in [0.4, 0.5) is 15.9 Å². The molecule has 1 aromatic heterocycles. The number of ether oxygens (including phenoxy) is 1. The molecule has 0 spiro atoms. The van der Waals surface area contributed by atoms with Crippen molar-refractivity contribution in [2.45, 2.75) is 71.6 Å². The van der Waals surface area contributed by atoms with Crippen LogP contribution in [-0.2, 0) is 9.59 Å². The van der Waals surface area contributed by atoms with Crippen LogP contribution in [0.25, 0.3) is 0 Å². The fourth-order valence-corrected chi connectivity index (χ4v) is 10.7. The molecule has 314 valence electrons. The van der Waals surface area contributed by atoms with Gasteiger partial charge in [-0.3, -0.25) is 38.7 Å². The Morgan fingerprint density at radius 2 is 1.60 bits per heavy atom. The summed E-state index contributed by atoms with van der Waals surface area (Å²) in [6.45, 7) is 12.8. The van der Waals surface area contributed by atoms with E-state index < -0.39 is 64.4 Å². The summed E-state index contributed by atoms with van der Waals surface area (Å²) in [5.41, 5.74) is 4.23. The summed E-state index contributed by atoms with van der Waals surface area (Å²) in [7, 11) is 0. The zero-order valence-electron chi connectivity index (χ0n) is 34.0. The van der Waals surface area contributed by atoms with Gasteiger partial charge in [-0.2, -0.15) is 5.26 Å². The summed E-state index contributed by atoms with van der Waals surface area (Å²) < 4.78 is 22.3. The summed E-state index contributed by atoms with van der Waals surface area (Å²) in [5.74, 6) is -2.54. The van der Waals surface area contributed by atoms with Crippen molar-refractivity contribution in [3.05, 3.63) is 75.7 Å². The molecule has 17 heteroatoms. The molecule has 1 unspecified atom stereocenters. The number of nitrogens with two attached hydrogens (primary N) is 1. The quantitative estimate of drug-likeness (QED) is 0.302. The molecule has 1 atom stereocenters. The highest BCUT2D eigenvalue weighted by molar-refractivity contribution is 6.31. The van der Waals surface area contributed by atoms with Gasteiger partial charge in [-0.05, 0) is 61.6 Å². The van der Waals surface area contributed by atoms with Crippen molar-refractivity contribution in [2.24, 2.45) is 22.5 Å². The Kier molecular flexibility index (Phi) is 10.6. The van der Waals surface area contributed by atoms with Crippen LogP contribution in [0.1, 0.15) is 90.1 Å². The third kappa shape index (κ3) is 7.00. The third-order valence-corrected chi connectivity index (χ3v) is 13.4. The van der Waals surface area contributed by atoms with Crippen LogP contribution in [0.15, 0.2) is 42.5 Å². The molecular formula is C43H47ClFN9O6. The van der Waals surface area contributed by atoms with Gasteiger partial charge < -0.3 is 20.3 Å². The summed E-state index contributed by atoms with van der Waals surface area (Å²) in [5, 5.41) is 17.6. The molecule has 0 radical (unpaired) electrons. The molecule has 2 N–H and O–H groups in total. The number of carbonyl (C=O) groups is 5. The summed E-state index contributed by atoms with van der Waals surface area (Å²) in [6, 6.07) is 11.0. The minimum absolute atomic E-state index is 0.0650. The normalized spacial score (nSPS) is 24.3. The van der Waals surface area contributed by atoms with Crippen molar-refractivity contribution in [1.82, 2.24) is 24.9 Å². The average Bonchev–Trinajstić information content (AvgIpc) is 3.47. The van der Waals surface area contributed by atoms with Crippen LogP contribution < -0.4 is 20.3 Å². The van der Waals surface area contributed by atoms with Crippen LogP contribution in [0.2, 0.25) is 5.02 Å². The van der Waals surface area contributed by atoms with E-state index in [1.807, 2.05) is 38.7 Å². The van der Waals surface area contributed by atoms with E-state index in [2.05, 4.69) is 20.0 Å². The van der Waals surface area contributed by atoms with Gasteiger partial charge in [0, 0.05) is 74.8 Å². The van der Waals surface area contributed by atoms with Crippen molar-refractivity contribution < 1.29 is 33.1 Å². The second-order valence-electron chi connectivity index (χ2n) is 17.6. The number of likely N-dealkylation sites (tertiary alicyclic amines) is 1. The average molecular weight is 840 g/mol. The lowest BCUT2D eigenvalue weighted by Crippen LogP contribution is -2.77. The van der Waals surface area contributed by atoms with Crippen molar-refractivity contribution in [3.63, 3.8) is 0 Å². The Labute approximate surface area is 352 Å². The van der Waals surface area contributed by atoms with Crippen molar-refractivity contribution in [2.75, 3.05) is 55.6 Å². The topological polar surface area (TPSA) is 186 Å². The number of anilines is 2. The molecular weight excluding hydrogens is 793 g/mol. The molecule has 60 heavy (non-hydrogen) atoms. The molecule has 8 rings (SSSR count). The van der Waals surface area contributed by atoms with Crippen molar-refractivity contribution in [3.8, 4) is 11.8 Å². The molecule has 1 aliphatic carbocycles. The molecule has 3 saturated heterocycles. The number of amides is 5. The van der Waals surface area contributed by atoms with Gasteiger partial charge in [0.1, 0.15) is 29.8 Å². The molecule has 1 saturated carbocycles. The number of rotatable bonds is 9. The van der Waals surface area contributed by atoms with Gasteiger partial charge in [0.15, 0.2) is 11.5 Å². The third-order valence-electron chi connectivity index (χ3n) is 13.1. The van der Waals surface area contributed by atoms with Crippen molar-refractivity contribution in [1.29, 1.82) is 5.26 Å². The number of aromatic nitrogens is 2. The lowest BCUT2D eigenvalue weighted by atomic mass is 9.48. The van der Waals surface area contributed by atoms with Gasteiger partial charge in [-0.1, -0.05) is 39.3 Å². The number of nitrogens with zero attached hydrogens (tertiary/aromatic N) is 8. The maximum absolute atomic E-state index is 15.9. The lowest BCUT2D eigenvalue weighted by Gasteiger charge is -2.65. The molecule has 0 bridgehead atoms. The molecule has 5 amide bonds.